The second-order valence-electron chi connectivity index (χ2n) is 29.9. The van der Waals surface area contributed by atoms with E-state index in [1.165, 1.54) is 94.5 Å². The second-order valence-corrected chi connectivity index (χ2v) is 30.3. The summed E-state index contributed by atoms with van der Waals surface area (Å²) in [6.07, 6.45) is 2.64. The van der Waals surface area contributed by atoms with E-state index >= 15 is 33.6 Å². The molecule has 562 valence electrons. The van der Waals surface area contributed by atoms with Crippen LogP contribution in [0.25, 0.3) is 0 Å². The fourth-order valence-corrected chi connectivity index (χ4v) is 16.4. The molecule has 101 heavy (non-hydrogen) atoms. The average molecular weight is 1440 g/mol. The van der Waals surface area contributed by atoms with Crippen LogP contribution in [-0.4, -0.2) is 263 Å². The van der Waals surface area contributed by atoms with Gasteiger partial charge in [0.1, 0.15) is 59.9 Å². The molecule has 3 N–H and O–H groups in total. The van der Waals surface area contributed by atoms with Gasteiger partial charge in [-0.15, -0.1) is 0 Å². The van der Waals surface area contributed by atoms with Crippen LogP contribution in [0.2, 0.25) is 5.02 Å². The van der Waals surface area contributed by atoms with Crippen molar-refractivity contribution in [1.82, 2.24) is 60.0 Å². The normalized spacial score (nSPS) is 28.5. The summed E-state index contributed by atoms with van der Waals surface area (Å²) in [6.45, 7) is 9.33. The van der Waals surface area contributed by atoms with E-state index in [1.54, 1.807) is 6.92 Å². The largest absolute Gasteiger partial charge is 0.417 e. The number of alkyl halides is 3. The molecule has 4 saturated heterocycles. The molecule has 10 atom stereocenters. The van der Waals surface area contributed by atoms with Crippen LogP contribution in [0, 0.1) is 23.7 Å². The van der Waals surface area contributed by atoms with Crippen molar-refractivity contribution in [3.05, 3.63) is 34.3 Å². The summed E-state index contributed by atoms with van der Waals surface area (Å²) in [6, 6.07) is -7.79. The molecule has 0 aromatic heterocycles. The van der Waals surface area contributed by atoms with E-state index in [9.17, 15) is 37.1 Å². The van der Waals surface area contributed by atoms with Crippen molar-refractivity contribution in [2.24, 2.45) is 23.7 Å². The standard InChI is InChI=1S/C72H108ClF3N12O13/c1-12-44(4)58-67(97)81(7)45(5)63(93)88-35-31-54(88)65(95)84(10)59(47-20-13-14-21-47)68(98)80(6)42-56(89)77-51(29-27-46-26-28-49(50(73)40-46)72(74,75)76)64(94)87-34-19-24-53(87)62(92)79-71(32-17-18-33-71)70(100)85(11)60(48-22-15-16-23-48)69(99)83(9)55(66(96)86-36-38-101-39-37-86)41-57(90)82(8)52(61(91)78-58)30-25-43(2)3/h26,28,40,43-45,47-48,51-55,58-60H,12-25,27,29-39,41-42H2,1-11H3,(H,77,89)(H,78,91)(H,79,92)/t44-,45-,51-,52-,53-,54-,55-,58-,59-,60-/m0/s1. The van der Waals surface area contributed by atoms with Crippen molar-refractivity contribution < 1.29 is 75.4 Å². The number of fused-ring (bicyclic) bond motifs is 2. The highest BCUT2D eigenvalue weighted by molar-refractivity contribution is 6.31. The molecule has 1 aromatic rings. The Balaban J connectivity index is 1.18. The van der Waals surface area contributed by atoms with Gasteiger partial charge >= 0.3 is 6.18 Å². The molecular formula is C72H108ClF3N12O13. The summed E-state index contributed by atoms with van der Waals surface area (Å²) in [5.74, 6) is -8.79. The molecule has 7 fully saturated rings. The van der Waals surface area contributed by atoms with Crippen LogP contribution in [-0.2, 0) is 74.9 Å². The number of hydrogen-bond donors (Lipinski definition) is 3. The number of carbonyl (C=O) groups is 12. The van der Waals surface area contributed by atoms with Gasteiger partial charge in [0, 0.05) is 68.5 Å². The van der Waals surface area contributed by atoms with Gasteiger partial charge in [-0.25, -0.2) is 0 Å². The van der Waals surface area contributed by atoms with Gasteiger partial charge in [0.2, 0.25) is 70.9 Å². The summed E-state index contributed by atoms with van der Waals surface area (Å²) in [5.41, 5.74) is -2.35. The van der Waals surface area contributed by atoms with E-state index in [-0.39, 0.29) is 96.2 Å². The van der Waals surface area contributed by atoms with Gasteiger partial charge in [-0.1, -0.05) is 90.3 Å². The first kappa shape index (κ1) is 79.6. The molecule has 12 amide bonds. The molecule has 25 nitrogen and oxygen atoms in total. The number of hydrogen-bond acceptors (Lipinski definition) is 13. The second kappa shape index (κ2) is 34.5. The quantitative estimate of drug-likeness (QED) is 0.263. The molecule has 29 heteroatoms. The lowest BCUT2D eigenvalue weighted by Gasteiger charge is -2.45. The van der Waals surface area contributed by atoms with E-state index in [2.05, 4.69) is 16.0 Å². The minimum Gasteiger partial charge on any atom is -0.378 e. The van der Waals surface area contributed by atoms with Gasteiger partial charge in [-0.05, 0) is 132 Å². The lowest BCUT2D eigenvalue weighted by Crippen LogP contribution is -2.65. The van der Waals surface area contributed by atoms with E-state index in [0.717, 1.165) is 42.7 Å². The number of aryl methyl sites for hydroxylation is 1. The molecule has 0 bridgehead atoms. The Labute approximate surface area is 597 Å². The first-order valence-electron chi connectivity index (χ1n) is 36.6. The lowest BCUT2D eigenvalue weighted by molar-refractivity contribution is -0.161. The van der Waals surface area contributed by atoms with E-state index in [1.807, 2.05) is 20.8 Å². The summed E-state index contributed by atoms with van der Waals surface area (Å²) in [7, 11) is 8.68. The number of likely N-dealkylation sites (N-methyl/N-ethyl adjacent to an activating group) is 6. The zero-order chi connectivity index (χ0) is 74.1. The molecule has 7 aliphatic rings. The number of morpholine rings is 1. The Morgan fingerprint density at radius 2 is 1.25 bits per heavy atom. The number of nitrogens with one attached hydrogen (secondary N) is 3. The van der Waals surface area contributed by atoms with Gasteiger partial charge in [0.15, 0.2) is 0 Å². The number of halogens is 4. The molecule has 4 aliphatic heterocycles. The van der Waals surface area contributed by atoms with Gasteiger partial charge in [0.05, 0.1) is 36.8 Å². The first-order valence-corrected chi connectivity index (χ1v) is 36.9. The molecule has 0 unspecified atom stereocenters. The minimum absolute atomic E-state index is 0.0353. The van der Waals surface area contributed by atoms with Crippen molar-refractivity contribution in [2.45, 2.75) is 236 Å². The Bertz CT molecular complexity index is 3210. The molecule has 1 aromatic carbocycles. The van der Waals surface area contributed by atoms with Crippen molar-refractivity contribution >= 4 is 82.5 Å². The third-order valence-electron chi connectivity index (χ3n) is 22.8. The predicted octanol–water partition coefficient (Wildman–Crippen LogP) is 5.02. The van der Waals surface area contributed by atoms with Crippen LogP contribution >= 0.6 is 11.6 Å². The predicted molar refractivity (Wildman–Crippen MR) is 368 cm³/mol. The monoisotopic (exact) mass is 1440 g/mol. The number of carbonyl (C=O) groups excluding carboxylic acids is 12. The maximum Gasteiger partial charge on any atom is 0.417 e. The number of amides is 12. The van der Waals surface area contributed by atoms with Crippen molar-refractivity contribution in [2.75, 3.05) is 88.2 Å². The molecule has 0 radical (unpaired) electrons. The molecule has 8 rings (SSSR count). The first-order chi connectivity index (χ1) is 47.7. The SMILES string of the molecule is CC[C@H](C)[C@@H]1NC(=O)[C@H](CCC(C)C)N(C)C(=O)C[C@@H](C(=O)N2CCOCC2)N(C)C(=O)[C@H](C2CCCC2)N(C)C(=O)C2(CCCC2)NC(=O)[C@@H]2CCCN2C(=O)[C@H](CCc2ccc(C(F)(F)F)c(Cl)c2)NC(=O)CN(C)C(=O)[C@H](C2CCCC2)N(C)C(=O)[C@@H]2CCN2C(=O)[C@H](C)N(C)C1=O. The van der Waals surface area contributed by atoms with Gasteiger partial charge in [0.25, 0.3) is 0 Å². The van der Waals surface area contributed by atoms with Gasteiger partial charge in [-0.3, -0.25) is 57.5 Å². The smallest absolute Gasteiger partial charge is 0.378 e. The molecule has 3 saturated carbocycles. The van der Waals surface area contributed by atoms with Gasteiger partial charge < -0.3 is 64.8 Å². The van der Waals surface area contributed by atoms with Crippen molar-refractivity contribution in [3.8, 4) is 0 Å². The fourth-order valence-electron chi connectivity index (χ4n) is 16.1. The fraction of sp³-hybridized carbons (Fsp3) is 0.750. The highest BCUT2D eigenvalue weighted by atomic mass is 35.5. The van der Waals surface area contributed by atoms with Crippen LogP contribution in [0.4, 0.5) is 13.2 Å². The van der Waals surface area contributed by atoms with Crippen LogP contribution in [0.5, 0.6) is 0 Å². The number of ether oxygens (including phenoxy) is 1. The molecular weight excluding hydrogens is 1330 g/mol. The lowest BCUT2D eigenvalue weighted by atomic mass is 9.90. The van der Waals surface area contributed by atoms with E-state index < -0.39 is 172 Å². The van der Waals surface area contributed by atoms with Crippen LogP contribution in [0.15, 0.2) is 18.2 Å². The molecule has 4 heterocycles. The Morgan fingerprint density at radius 3 is 1.81 bits per heavy atom. The zero-order valence-electron chi connectivity index (χ0n) is 60.9. The van der Waals surface area contributed by atoms with Crippen molar-refractivity contribution in [3.63, 3.8) is 0 Å². The summed E-state index contributed by atoms with van der Waals surface area (Å²) >= 11 is 6.16. The number of nitrogens with zero attached hydrogens (tertiary/aromatic N) is 9. The minimum atomic E-state index is -4.76. The van der Waals surface area contributed by atoms with E-state index in [0.29, 0.717) is 63.4 Å². The maximum absolute atomic E-state index is 15.7. The van der Waals surface area contributed by atoms with Crippen molar-refractivity contribution in [1.29, 1.82) is 0 Å². The summed E-state index contributed by atoms with van der Waals surface area (Å²) in [4.78, 5) is 193. The average Bonchev–Trinajstić information content (AvgIpc) is 1.65. The third kappa shape index (κ3) is 18.3. The molecule has 3 aliphatic carbocycles. The third-order valence-corrected chi connectivity index (χ3v) is 23.2. The Hall–Kier alpha value is -7.10. The number of rotatable bonds is 11. The van der Waals surface area contributed by atoms with Crippen LogP contribution in [0.3, 0.4) is 0 Å². The Kier molecular flexibility index (Phi) is 27.2. The highest BCUT2D eigenvalue weighted by Gasteiger charge is 2.53. The highest BCUT2D eigenvalue weighted by Crippen LogP contribution is 2.39. The van der Waals surface area contributed by atoms with Gasteiger partial charge in [-0.2, -0.15) is 13.2 Å². The van der Waals surface area contributed by atoms with Crippen LogP contribution < -0.4 is 16.0 Å². The topological polar surface area (TPSA) is 279 Å². The molecule has 1 spiro atoms. The number of benzene rings is 1. The summed E-state index contributed by atoms with van der Waals surface area (Å²) < 4.78 is 47.2. The Morgan fingerprint density at radius 1 is 0.644 bits per heavy atom. The zero-order valence-corrected chi connectivity index (χ0v) is 61.6. The summed E-state index contributed by atoms with van der Waals surface area (Å²) in [5, 5.41) is 8.22. The van der Waals surface area contributed by atoms with E-state index in [4.69, 9.17) is 16.3 Å². The van der Waals surface area contributed by atoms with Crippen LogP contribution in [0.1, 0.15) is 174 Å². The maximum atomic E-state index is 15.7.